The second-order valence-electron chi connectivity index (χ2n) is 5.10. The van der Waals surface area contributed by atoms with Gasteiger partial charge < -0.3 is 9.13 Å². The summed E-state index contributed by atoms with van der Waals surface area (Å²) in [6.45, 7) is 4.49. The minimum absolute atomic E-state index is 0.248. The number of aromatic nitrogens is 2. The largest absolute Gasteiger partial charge is 0.316 e. The lowest BCUT2D eigenvalue weighted by atomic mass is 10.2. The Morgan fingerprint density at radius 1 is 1.05 bits per heavy atom. The number of hydrogen-bond acceptors (Lipinski definition) is 2. The maximum absolute atomic E-state index is 12.8. The molecule has 0 aliphatic heterocycles. The van der Waals surface area contributed by atoms with Crippen LogP contribution in [0.2, 0.25) is 0 Å². The van der Waals surface area contributed by atoms with Crippen LogP contribution >= 0.6 is 0 Å². The van der Waals surface area contributed by atoms with Crippen molar-refractivity contribution in [2.45, 2.75) is 26.9 Å². The molecule has 21 heavy (non-hydrogen) atoms. The monoisotopic (exact) mass is 288 g/mol. The fraction of sp³-hybridized carbons (Fsp3) is 0.250. The van der Waals surface area contributed by atoms with E-state index < -0.39 is 11.1 Å². The van der Waals surface area contributed by atoms with Crippen LogP contribution in [-0.4, -0.2) is 9.13 Å². The second-order valence-corrected chi connectivity index (χ2v) is 5.10. The van der Waals surface area contributed by atoms with Gasteiger partial charge in [-0.15, -0.1) is 0 Å². The predicted molar refractivity (Wildman–Crippen MR) is 79.9 cm³/mol. The molecule has 0 amide bonds. The highest BCUT2D eigenvalue weighted by Crippen LogP contribution is 2.03. The standard InChI is InChI=1S/C16H17FN2O2/c1-12(2)7-8-18-9-10-19(16(21)15(18)20)11-13-3-5-14(17)6-4-13/h3-7,9-10H,8,11H2,1-2H3. The summed E-state index contributed by atoms with van der Waals surface area (Å²) in [5, 5.41) is 0. The van der Waals surface area contributed by atoms with E-state index in [4.69, 9.17) is 0 Å². The Labute approximate surface area is 121 Å². The van der Waals surface area contributed by atoms with Gasteiger partial charge in [-0.2, -0.15) is 0 Å². The first-order valence-electron chi connectivity index (χ1n) is 6.65. The molecule has 0 radical (unpaired) electrons. The van der Waals surface area contributed by atoms with Crippen LogP contribution in [-0.2, 0) is 13.1 Å². The van der Waals surface area contributed by atoms with Crippen molar-refractivity contribution in [3.8, 4) is 0 Å². The van der Waals surface area contributed by atoms with Crippen LogP contribution in [0.3, 0.4) is 0 Å². The minimum atomic E-state index is -0.580. The summed E-state index contributed by atoms with van der Waals surface area (Å²) in [6.07, 6.45) is 5.05. The predicted octanol–water partition coefficient (Wildman–Crippen LogP) is 2.16. The van der Waals surface area contributed by atoms with Crippen molar-refractivity contribution < 1.29 is 4.39 Å². The maximum atomic E-state index is 12.8. The van der Waals surface area contributed by atoms with Gasteiger partial charge in [0.2, 0.25) is 0 Å². The lowest BCUT2D eigenvalue weighted by molar-refractivity contribution is 0.625. The van der Waals surface area contributed by atoms with Gasteiger partial charge in [-0.1, -0.05) is 23.8 Å². The normalized spacial score (nSPS) is 10.4. The quantitative estimate of drug-likeness (QED) is 0.639. The molecular weight excluding hydrogens is 271 g/mol. The Bertz CT molecular complexity index is 766. The van der Waals surface area contributed by atoms with Gasteiger partial charge in [0, 0.05) is 18.9 Å². The molecule has 1 aromatic heterocycles. The molecule has 0 saturated heterocycles. The summed E-state index contributed by atoms with van der Waals surface area (Å²) < 4.78 is 15.5. The molecule has 2 aromatic rings. The van der Waals surface area contributed by atoms with Gasteiger partial charge in [0.15, 0.2) is 0 Å². The van der Waals surface area contributed by atoms with Gasteiger partial charge in [-0.3, -0.25) is 9.59 Å². The molecule has 5 heteroatoms. The third-order valence-electron chi connectivity index (χ3n) is 3.09. The maximum Gasteiger partial charge on any atom is 0.316 e. The molecule has 0 N–H and O–H groups in total. The number of benzene rings is 1. The molecule has 0 atom stereocenters. The highest BCUT2D eigenvalue weighted by atomic mass is 19.1. The van der Waals surface area contributed by atoms with Crippen molar-refractivity contribution in [1.82, 2.24) is 9.13 Å². The molecular formula is C16H17FN2O2. The number of rotatable bonds is 4. The molecule has 1 aromatic carbocycles. The van der Waals surface area contributed by atoms with Crippen molar-refractivity contribution in [2.24, 2.45) is 0 Å². The van der Waals surface area contributed by atoms with E-state index in [1.54, 1.807) is 24.5 Å². The topological polar surface area (TPSA) is 44.0 Å². The van der Waals surface area contributed by atoms with Crippen molar-refractivity contribution in [3.63, 3.8) is 0 Å². The van der Waals surface area contributed by atoms with Crippen molar-refractivity contribution in [1.29, 1.82) is 0 Å². The summed E-state index contributed by atoms with van der Waals surface area (Å²) >= 11 is 0. The zero-order valence-corrected chi connectivity index (χ0v) is 12.0. The van der Waals surface area contributed by atoms with Crippen LogP contribution in [0.15, 0.2) is 57.9 Å². The first-order valence-corrected chi connectivity index (χ1v) is 6.65. The Morgan fingerprint density at radius 3 is 2.24 bits per heavy atom. The van der Waals surface area contributed by atoms with Gasteiger partial charge in [0.25, 0.3) is 0 Å². The molecule has 110 valence electrons. The van der Waals surface area contributed by atoms with E-state index in [0.717, 1.165) is 11.1 Å². The fourth-order valence-corrected chi connectivity index (χ4v) is 1.88. The Hall–Kier alpha value is -2.43. The number of allylic oxidation sites excluding steroid dienone is 2. The first kappa shape index (κ1) is 15.0. The average Bonchev–Trinajstić information content (AvgIpc) is 2.45. The van der Waals surface area contributed by atoms with Gasteiger partial charge in [0.05, 0.1) is 6.54 Å². The van der Waals surface area contributed by atoms with E-state index in [2.05, 4.69) is 0 Å². The van der Waals surface area contributed by atoms with Crippen LogP contribution in [0.5, 0.6) is 0 Å². The molecule has 0 spiro atoms. The van der Waals surface area contributed by atoms with Crippen LogP contribution in [0, 0.1) is 5.82 Å². The summed E-state index contributed by atoms with van der Waals surface area (Å²) in [5.74, 6) is -0.330. The van der Waals surface area contributed by atoms with Crippen molar-refractivity contribution in [2.75, 3.05) is 0 Å². The molecule has 2 rings (SSSR count). The Morgan fingerprint density at radius 2 is 1.62 bits per heavy atom. The smallest absolute Gasteiger partial charge is 0.306 e. The van der Waals surface area contributed by atoms with Gasteiger partial charge >= 0.3 is 11.1 Å². The van der Waals surface area contributed by atoms with Crippen molar-refractivity contribution >= 4 is 0 Å². The zero-order valence-electron chi connectivity index (χ0n) is 12.0. The molecule has 0 fully saturated rings. The van der Waals surface area contributed by atoms with E-state index in [0.29, 0.717) is 6.54 Å². The van der Waals surface area contributed by atoms with Gasteiger partial charge in [-0.25, -0.2) is 4.39 Å². The van der Waals surface area contributed by atoms with Crippen LogP contribution < -0.4 is 11.1 Å². The molecule has 0 unspecified atom stereocenters. The van der Waals surface area contributed by atoms with E-state index in [1.165, 1.54) is 21.3 Å². The summed E-state index contributed by atoms with van der Waals surface area (Å²) in [7, 11) is 0. The Kier molecular flexibility index (Phi) is 4.52. The highest BCUT2D eigenvalue weighted by Gasteiger charge is 2.05. The third-order valence-corrected chi connectivity index (χ3v) is 3.09. The summed E-state index contributed by atoms with van der Waals surface area (Å²) in [6, 6.07) is 5.85. The SMILES string of the molecule is CC(C)=CCn1ccn(Cc2ccc(F)cc2)c(=O)c1=O. The Balaban J connectivity index is 2.28. The van der Waals surface area contributed by atoms with Crippen molar-refractivity contribution in [3.05, 3.63) is 80.4 Å². The average molecular weight is 288 g/mol. The van der Waals surface area contributed by atoms with E-state index in [1.807, 2.05) is 19.9 Å². The molecule has 0 aliphatic carbocycles. The molecule has 0 aliphatic rings. The lowest BCUT2D eigenvalue weighted by Crippen LogP contribution is -2.40. The van der Waals surface area contributed by atoms with E-state index >= 15 is 0 Å². The second kappa shape index (κ2) is 6.35. The number of hydrogen-bond donors (Lipinski definition) is 0. The summed E-state index contributed by atoms with van der Waals surface area (Å²) in [4.78, 5) is 24.0. The zero-order chi connectivity index (χ0) is 15.4. The minimum Gasteiger partial charge on any atom is -0.306 e. The van der Waals surface area contributed by atoms with E-state index in [9.17, 15) is 14.0 Å². The first-order chi connectivity index (χ1) is 9.97. The summed E-state index contributed by atoms with van der Waals surface area (Å²) in [5.41, 5.74) is 0.707. The number of halogens is 1. The van der Waals surface area contributed by atoms with Crippen LogP contribution in [0.25, 0.3) is 0 Å². The molecule has 1 heterocycles. The molecule has 0 saturated carbocycles. The van der Waals surface area contributed by atoms with Gasteiger partial charge in [0.1, 0.15) is 5.82 Å². The van der Waals surface area contributed by atoms with E-state index in [-0.39, 0.29) is 12.4 Å². The van der Waals surface area contributed by atoms with Crippen LogP contribution in [0.4, 0.5) is 4.39 Å². The lowest BCUT2D eigenvalue weighted by Gasteiger charge is -2.08. The molecule has 0 bridgehead atoms. The number of nitrogens with zero attached hydrogens (tertiary/aromatic N) is 2. The van der Waals surface area contributed by atoms with Crippen LogP contribution in [0.1, 0.15) is 19.4 Å². The van der Waals surface area contributed by atoms with Gasteiger partial charge in [-0.05, 0) is 31.5 Å². The highest BCUT2D eigenvalue weighted by molar-refractivity contribution is 5.16. The molecule has 4 nitrogen and oxygen atoms in total. The fourth-order valence-electron chi connectivity index (χ4n) is 1.88. The third kappa shape index (κ3) is 3.78.